The number of nitrogens with zero attached hydrogens (tertiary/aromatic N) is 4. The topological polar surface area (TPSA) is 78.8 Å². The molecular weight excluding hydrogens is 352 g/mol. The van der Waals surface area contributed by atoms with Crippen LogP contribution in [0, 0.1) is 5.92 Å². The molecule has 1 aliphatic heterocycles. The summed E-state index contributed by atoms with van der Waals surface area (Å²) in [5, 5.41) is 13.0. The molecule has 0 saturated heterocycles. The summed E-state index contributed by atoms with van der Waals surface area (Å²) >= 11 is 0. The zero-order valence-corrected chi connectivity index (χ0v) is 16.8. The second-order valence-electron chi connectivity index (χ2n) is 7.92. The van der Waals surface area contributed by atoms with Crippen LogP contribution in [-0.4, -0.2) is 43.6 Å². The SMILES string of the molecule is CC(C)C(=O)NC(C)c1nnc2n1CCN(Cc1cc3ccccc3[nH]1)CC2. The van der Waals surface area contributed by atoms with Crippen molar-refractivity contribution in [3.8, 4) is 0 Å². The molecule has 1 aliphatic rings. The summed E-state index contributed by atoms with van der Waals surface area (Å²) in [5.41, 5.74) is 2.41. The van der Waals surface area contributed by atoms with Gasteiger partial charge in [0, 0.05) is 49.7 Å². The number of carbonyl (C=O) groups is 1. The lowest BCUT2D eigenvalue weighted by Crippen LogP contribution is -2.32. The molecule has 0 fully saturated rings. The lowest BCUT2D eigenvalue weighted by molar-refractivity contribution is -0.124. The number of hydrogen-bond acceptors (Lipinski definition) is 4. The zero-order chi connectivity index (χ0) is 19.7. The van der Waals surface area contributed by atoms with E-state index in [2.05, 4.69) is 60.3 Å². The minimum Gasteiger partial charge on any atom is -0.357 e. The van der Waals surface area contributed by atoms with E-state index in [0.29, 0.717) is 0 Å². The van der Waals surface area contributed by atoms with Crippen LogP contribution in [0.25, 0.3) is 10.9 Å². The number of benzene rings is 1. The van der Waals surface area contributed by atoms with E-state index in [-0.39, 0.29) is 17.9 Å². The number of rotatable bonds is 5. The predicted molar refractivity (Wildman–Crippen MR) is 109 cm³/mol. The van der Waals surface area contributed by atoms with Crippen LogP contribution in [0.2, 0.25) is 0 Å². The molecule has 28 heavy (non-hydrogen) atoms. The maximum atomic E-state index is 12.0. The second kappa shape index (κ2) is 7.75. The summed E-state index contributed by atoms with van der Waals surface area (Å²) in [6.45, 7) is 9.37. The Morgan fingerprint density at radius 2 is 2.00 bits per heavy atom. The minimum absolute atomic E-state index is 0.0407. The predicted octanol–water partition coefficient (Wildman–Crippen LogP) is 2.65. The molecule has 1 unspecified atom stereocenters. The molecule has 4 rings (SSSR count). The van der Waals surface area contributed by atoms with E-state index in [1.165, 1.54) is 16.6 Å². The zero-order valence-electron chi connectivity index (χ0n) is 16.8. The quantitative estimate of drug-likeness (QED) is 0.713. The van der Waals surface area contributed by atoms with Crippen molar-refractivity contribution in [1.82, 2.24) is 30.0 Å². The van der Waals surface area contributed by atoms with Gasteiger partial charge in [0.05, 0.1) is 6.04 Å². The third kappa shape index (κ3) is 3.80. The Hall–Kier alpha value is -2.67. The van der Waals surface area contributed by atoms with E-state index >= 15 is 0 Å². The molecule has 148 valence electrons. The highest BCUT2D eigenvalue weighted by atomic mass is 16.1. The summed E-state index contributed by atoms with van der Waals surface area (Å²) in [4.78, 5) is 18.0. The maximum absolute atomic E-state index is 12.0. The molecule has 1 amide bonds. The highest BCUT2D eigenvalue weighted by molar-refractivity contribution is 5.80. The molecular formula is C21H28N6O. The Labute approximate surface area is 165 Å². The molecule has 3 heterocycles. The van der Waals surface area contributed by atoms with Gasteiger partial charge in [-0.2, -0.15) is 0 Å². The number of nitrogens with one attached hydrogen (secondary N) is 2. The summed E-state index contributed by atoms with van der Waals surface area (Å²) < 4.78 is 2.18. The first-order valence-electron chi connectivity index (χ1n) is 10.0. The average molecular weight is 380 g/mol. The molecule has 2 aromatic heterocycles. The van der Waals surface area contributed by atoms with Crippen molar-refractivity contribution in [2.24, 2.45) is 5.92 Å². The Morgan fingerprint density at radius 1 is 1.18 bits per heavy atom. The van der Waals surface area contributed by atoms with Gasteiger partial charge in [0.1, 0.15) is 5.82 Å². The van der Waals surface area contributed by atoms with Gasteiger partial charge < -0.3 is 14.9 Å². The molecule has 7 nitrogen and oxygen atoms in total. The number of aromatic amines is 1. The normalized spacial score (nSPS) is 16.1. The van der Waals surface area contributed by atoms with Gasteiger partial charge in [-0.1, -0.05) is 32.0 Å². The van der Waals surface area contributed by atoms with Gasteiger partial charge in [-0.05, 0) is 24.4 Å². The fourth-order valence-corrected chi connectivity index (χ4v) is 3.77. The Balaban J connectivity index is 1.43. The van der Waals surface area contributed by atoms with Crippen molar-refractivity contribution in [2.75, 3.05) is 13.1 Å². The summed E-state index contributed by atoms with van der Waals surface area (Å²) in [5.74, 6) is 1.84. The Bertz CT molecular complexity index is 939. The van der Waals surface area contributed by atoms with Crippen LogP contribution in [0.3, 0.4) is 0 Å². The highest BCUT2D eigenvalue weighted by Gasteiger charge is 2.23. The molecule has 0 aliphatic carbocycles. The molecule has 7 heteroatoms. The van der Waals surface area contributed by atoms with E-state index in [0.717, 1.165) is 44.2 Å². The summed E-state index contributed by atoms with van der Waals surface area (Å²) in [6, 6.07) is 10.5. The number of aromatic nitrogens is 4. The standard InChI is InChI=1S/C21H28N6O/c1-14(2)21(28)22-15(3)20-25-24-19-8-9-26(10-11-27(19)20)13-17-12-16-6-4-5-7-18(16)23-17/h4-7,12,14-15,23H,8-11,13H2,1-3H3,(H,22,28). The van der Waals surface area contributed by atoms with Gasteiger partial charge in [0.15, 0.2) is 5.82 Å². The monoisotopic (exact) mass is 380 g/mol. The van der Waals surface area contributed by atoms with Gasteiger partial charge in [0.25, 0.3) is 0 Å². The maximum Gasteiger partial charge on any atom is 0.223 e. The first-order chi connectivity index (χ1) is 13.5. The van der Waals surface area contributed by atoms with Gasteiger partial charge in [-0.3, -0.25) is 9.69 Å². The number of amides is 1. The minimum atomic E-state index is -0.142. The lowest BCUT2D eigenvalue weighted by Gasteiger charge is -2.19. The van der Waals surface area contributed by atoms with Crippen LogP contribution in [0.1, 0.15) is 44.2 Å². The largest absolute Gasteiger partial charge is 0.357 e. The van der Waals surface area contributed by atoms with Crippen molar-refractivity contribution in [3.05, 3.63) is 47.7 Å². The average Bonchev–Trinajstić information content (AvgIpc) is 3.21. The van der Waals surface area contributed by atoms with E-state index in [9.17, 15) is 4.79 Å². The molecule has 0 saturated carbocycles. The van der Waals surface area contributed by atoms with E-state index in [1.54, 1.807) is 0 Å². The number of fused-ring (bicyclic) bond motifs is 2. The van der Waals surface area contributed by atoms with Gasteiger partial charge in [0.2, 0.25) is 5.91 Å². The third-order valence-electron chi connectivity index (χ3n) is 5.40. The van der Waals surface area contributed by atoms with Crippen molar-refractivity contribution in [2.45, 2.75) is 46.3 Å². The highest BCUT2D eigenvalue weighted by Crippen LogP contribution is 2.19. The van der Waals surface area contributed by atoms with Crippen molar-refractivity contribution >= 4 is 16.8 Å². The lowest BCUT2D eigenvalue weighted by atomic mass is 10.2. The van der Waals surface area contributed by atoms with E-state index in [1.807, 2.05) is 20.8 Å². The third-order valence-corrected chi connectivity index (χ3v) is 5.40. The van der Waals surface area contributed by atoms with Gasteiger partial charge in [-0.15, -0.1) is 10.2 Å². The van der Waals surface area contributed by atoms with Crippen LogP contribution in [0.15, 0.2) is 30.3 Å². The molecule has 0 bridgehead atoms. The molecule has 1 atom stereocenters. The fraction of sp³-hybridized carbons (Fsp3) is 0.476. The summed E-state index contributed by atoms with van der Waals surface area (Å²) in [7, 11) is 0. The van der Waals surface area contributed by atoms with Crippen molar-refractivity contribution < 1.29 is 4.79 Å². The van der Waals surface area contributed by atoms with Crippen molar-refractivity contribution in [1.29, 1.82) is 0 Å². The molecule has 3 aromatic rings. The first kappa shape index (κ1) is 18.7. The van der Waals surface area contributed by atoms with Crippen LogP contribution < -0.4 is 5.32 Å². The molecule has 0 radical (unpaired) electrons. The number of carbonyl (C=O) groups excluding carboxylic acids is 1. The second-order valence-corrected chi connectivity index (χ2v) is 7.92. The number of para-hydroxylation sites is 1. The van der Waals surface area contributed by atoms with Crippen LogP contribution in [0.4, 0.5) is 0 Å². The molecule has 1 aromatic carbocycles. The van der Waals surface area contributed by atoms with Crippen LogP contribution in [0.5, 0.6) is 0 Å². The summed E-state index contributed by atoms with van der Waals surface area (Å²) in [6.07, 6.45) is 0.859. The molecule has 2 N–H and O–H groups in total. The van der Waals surface area contributed by atoms with Crippen LogP contribution in [-0.2, 0) is 24.3 Å². The Morgan fingerprint density at radius 3 is 2.79 bits per heavy atom. The Kier molecular flexibility index (Phi) is 5.17. The van der Waals surface area contributed by atoms with Gasteiger partial charge >= 0.3 is 0 Å². The van der Waals surface area contributed by atoms with Gasteiger partial charge in [-0.25, -0.2) is 0 Å². The van der Waals surface area contributed by atoms with Crippen LogP contribution >= 0.6 is 0 Å². The first-order valence-corrected chi connectivity index (χ1v) is 10.0. The number of hydrogen-bond donors (Lipinski definition) is 2. The van der Waals surface area contributed by atoms with Crippen molar-refractivity contribution in [3.63, 3.8) is 0 Å². The molecule has 0 spiro atoms. The van der Waals surface area contributed by atoms with E-state index < -0.39 is 0 Å². The fourth-order valence-electron chi connectivity index (χ4n) is 3.77. The van der Waals surface area contributed by atoms with E-state index in [4.69, 9.17) is 0 Å². The smallest absolute Gasteiger partial charge is 0.223 e. The number of H-pyrrole nitrogens is 1.